The summed E-state index contributed by atoms with van der Waals surface area (Å²) in [6.45, 7) is 0.479. The number of nitrogens with one attached hydrogen (secondary N) is 3. The van der Waals surface area contributed by atoms with Gasteiger partial charge in [0.15, 0.2) is 5.65 Å². The summed E-state index contributed by atoms with van der Waals surface area (Å²) in [7, 11) is -1.42. The summed E-state index contributed by atoms with van der Waals surface area (Å²) in [6, 6.07) is 9.02. The number of H-pyrrole nitrogens is 2. The molecule has 37 heavy (non-hydrogen) atoms. The van der Waals surface area contributed by atoms with Crippen molar-refractivity contribution in [3.8, 4) is 33.8 Å². The maximum Gasteiger partial charge on any atom is 0.181 e. The third kappa shape index (κ3) is 4.59. The fraction of sp³-hybridized carbons (Fsp3) is 0.0741. The molecular formula is C27H23FN8S. The lowest BCUT2D eigenvalue weighted by atomic mass is 10.0. The zero-order valence-electron chi connectivity index (χ0n) is 20.0. The quantitative estimate of drug-likeness (QED) is 0.270. The van der Waals surface area contributed by atoms with Gasteiger partial charge in [-0.3, -0.25) is 24.8 Å². The van der Waals surface area contributed by atoms with E-state index >= 15 is 0 Å². The molecule has 0 radical (unpaired) electrons. The van der Waals surface area contributed by atoms with Crippen LogP contribution < -0.4 is 4.72 Å². The largest absolute Gasteiger partial charge is 0.352 e. The first kappa shape index (κ1) is 23.0. The molecule has 0 aliphatic heterocycles. The topological polar surface area (TPSA) is 108 Å². The highest BCUT2D eigenvalue weighted by Gasteiger charge is 2.16. The van der Waals surface area contributed by atoms with Crippen LogP contribution in [0.25, 0.3) is 55.7 Å². The van der Waals surface area contributed by atoms with Gasteiger partial charge in [0, 0.05) is 53.2 Å². The minimum absolute atomic E-state index is 0.311. The molecule has 0 aliphatic carbocycles. The normalized spacial score (nSPS) is 11.9. The predicted octanol–water partition coefficient (Wildman–Crippen LogP) is 5.07. The van der Waals surface area contributed by atoms with Crippen LogP contribution in [0.5, 0.6) is 0 Å². The van der Waals surface area contributed by atoms with Crippen molar-refractivity contribution in [2.45, 2.75) is 6.54 Å². The van der Waals surface area contributed by atoms with Crippen molar-refractivity contribution in [2.75, 3.05) is 6.26 Å². The molecule has 0 bridgehead atoms. The Balaban J connectivity index is 1.44. The van der Waals surface area contributed by atoms with Gasteiger partial charge in [0.05, 0.1) is 35.0 Å². The Labute approximate surface area is 212 Å². The Morgan fingerprint density at radius 3 is 2.62 bits per heavy atom. The third-order valence-electron chi connectivity index (χ3n) is 5.98. The second-order valence-electron chi connectivity index (χ2n) is 9.06. The molecule has 1 aromatic carbocycles. The lowest BCUT2D eigenvalue weighted by Gasteiger charge is -2.12. The zero-order chi connectivity index (χ0) is 25.6. The van der Waals surface area contributed by atoms with Crippen molar-refractivity contribution in [1.29, 1.82) is 0 Å². The molecule has 0 saturated carbocycles. The van der Waals surface area contributed by atoms with Gasteiger partial charge < -0.3 is 4.98 Å². The monoisotopic (exact) mass is 510 g/mol. The molecule has 3 N–H and O–H groups in total. The van der Waals surface area contributed by atoms with Crippen LogP contribution in [-0.4, -0.2) is 53.1 Å². The van der Waals surface area contributed by atoms with E-state index in [2.05, 4.69) is 51.6 Å². The van der Waals surface area contributed by atoms with Gasteiger partial charge in [0.25, 0.3) is 0 Å². The first-order chi connectivity index (χ1) is 17.8. The van der Waals surface area contributed by atoms with E-state index in [-0.39, 0.29) is 5.82 Å². The van der Waals surface area contributed by atoms with Crippen molar-refractivity contribution in [2.24, 2.45) is 0 Å². The van der Waals surface area contributed by atoms with E-state index in [9.17, 15) is 4.39 Å². The number of hydrogen-bond donors (Lipinski definition) is 3. The number of benzene rings is 1. The molecule has 0 atom stereocenters. The van der Waals surface area contributed by atoms with Crippen molar-refractivity contribution < 1.29 is 4.39 Å². The third-order valence-corrected chi connectivity index (χ3v) is 6.82. The van der Waals surface area contributed by atoms with E-state index in [1.165, 1.54) is 12.1 Å². The highest BCUT2D eigenvalue weighted by atomic mass is 32.2. The summed E-state index contributed by atoms with van der Waals surface area (Å²) in [6.07, 6.45) is 12.2. The van der Waals surface area contributed by atoms with Crippen LogP contribution in [0.3, 0.4) is 0 Å². The molecule has 5 heterocycles. The number of rotatable bonds is 6. The van der Waals surface area contributed by atoms with Crippen LogP contribution in [0.1, 0.15) is 5.56 Å². The van der Waals surface area contributed by atoms with Crippen molar-refractivity contribution >= 4 is 43.1 Å². The molecule has 0 fully saturated rings. The van der Waals surface area contributed by atoms with Gasteiger partial charge in [-0.1, -0.05) is 11.7 Å². The van der Waals surface area contributed by atoms with Crippen LogP contribution in [0.2, 0.25) is 0 Å². The zero-order valence-corrected chi connectivity index (χ0v) is 20.8. The molecule has 0 unspecified atom stereocenters. The van der Waals surface area contributed by atoms with Gasteiger partial charge >= 0.3 is 0 Å². The Kier molecular flexibility index (Phi) is 5.54. The summed E-state index contributed by atoms with van der Waals surface area (Å²) in [5.74, 6) is 7.76. The number of nitrogens with zero attached hydrogens (tertiary/aromatic N) is 5. The molecule has 0 aliphatic rings. The lowest BCUT2D eigenvalue weighted by Crippen LogP contribution is -2.08. The van der Waals surface area contributed by atoms with Crippen LogP contribution in [-0.2, 0) is 6.54 Å². The summed E-state index contributed by atoms with van der Waals surface area (Å²) in [5.41, 5.74) is 6.96. The Bertz CT molecular complexity index is 1870. The molecule has 184 valence electrons. The van der Waals surface area contributed by atoms with Crippen molar-refractivity contribution in [1.82, 2.24) is 39.8 Å². The van der Waals surface area contributed by atoms with Crippen LogP contribution >= 0.6 is 9.39 Å². The average Bonchev–Trinajstić information content (AvgIpc) is 3.51. The average molecular weight is 511 g/mol. The summed E-state index contributed by atoms with van der Waals surface area (Å²) in [5, 5.41) is 9.23. The maximum absolute atomic E-state index is 14.6. The molecule has 0 amide bonds. The first-order valence-corrected chi connectivity index (χ1v) is 13.8. The van der Waals surface area contributed by atoms with E-state index in [1.807, 2.05) is 24.5 Å². The summed E-state index contributed by atoms with van der Waals surface area (Å²) >= 11 is 0. The van der Waals surface area contributed by atoms with Crippen molar-refractivity contribution in [3.05, 3.63) is 78.9 Å². The standard InChI is InChI=1S/C27H23FN8S/c1-37(2,3)33-11-16-6-17(8-19(28)7-16)22-13-30-15-25-20(22)10-23(34-25)26-21-9-18(12-32-27(21)36-35-26)24-14-29-4-5-31-24/h4-10,12-15,33-34H,1-2,11H2,3H3,(H,32,35,36). The SMILES string of the molecule is C=S(=C)(C)NCc1cc(F)cc(-c2cncc3[nH]c(-c4[nH]nc5ncc(-c6cnccn6)cc45)cc23)c1. The van der Waals surface area contributed by atoms with Gasteiger partial charge in [-0.2, -0.15) is 14.5 Å². The highest BCUT2D eigenvalue weighted by Crippen LogP contribution is 2.34. The molecule has 0 saturated heterocycles. The van der Waals surface area contributed by atoms with E-state index < -0.39 is 9.39 Å². The Hall–Kier alpha value is -4.41. The minimum atomic E-state index is -1.42. The fourth-order valence-electron chi connectivity index (χ4n) is 4.27. The second kappa shape index (κ2) is 8.91. The minimum Gasteiger partial charge on any atom is -0.352 e. The number of hydrogen-bond acceptors (Lipinski definition) is 6. The van der Waals surface area contributed by atoms with Crippen LogP contribution in [0.4, 0.5) is 4.39 Å². The van der Waals surface area contributed by atoms with Gasteiger partial charge in [-0.15, -0.1) is 0 Å². The number of fused-ring (bicyclic) bond motifs is 2. The van der Waals surface area contributed by atoms with Gasteiger partial charge in [0.2, 0.25) is 0 Å². The van der Waals surface area contributed by atoms with Gasteiger partial charge in [-0.05, 0) is 47.7 Å². The molecular weight excluding hydrogens is 487 g/mol. The molecule has 10 heteroatoms. The number of aromatic nitrogens is 7. The molecule has 6 rings (SSSR count). The molecule has 6 aromatic rings. The smallest absolute Gasteiger partial charge is 0.181 e. The van der Waals surface area contributed by atoms with Crippen LogP contribution in [0.15, 0.2) is 67.5 Å². The van der Waals surface area contributed by atoms with Gasteiger partial charge in [-0.25, -0.2) is 9.37 Å². The molecule has 5 aromatic heterocycles. The molecule has 0 spiro atoms. The Morgan fingerprint density at radius 2 is 1.81 bits per heavy atom. The van der Waals surface area contributed by atoms with E-state index in [1.54, 1.807) is 37.2 Å². The molecule has 8 nitrogen and oxygen atoms in total. The number of aromatic amines is 2. The summed E-state index contributed by atoms with van der Waals surface area (Å²) < 4.78 is 17.9. The first-order valence-electron chi connectivity index (χ1n) is 11.4. The van der Waals surface area contributed by atoms with E-state index in [0.29, 0.717) is 12.2 Å². The number of halogens is 1. The van der Waals surface area contributed by atoms with Crippen molar-refractivity contribution in [3.63, 3.8) is 0 Å². The van der Waals surface area contributed by atoms with Crippen LogP contribution in [0, 0.1) is 5.82 Å². The summed E-state index contributed by atoms with van der Waals surface area (Å²) in [4.78, 5) is 20.8. The van der Waals surface area contributed by atoms with Gasteiger partial charge in [0.1, 0.15) is 5.82 Å². The van der Waals surface area contributed by atoms with E-state index in [0.717, 1.165) is 55.6 Å². The maximum atomic E-state index is 14.6. The number of pyridine rings is 2. The van der Waals surface area contributed by atoms with E-state index in [4.69, 9.17) is 0 Å². The lowest BCUT2D eigenvalue weighted by molar-refractivity contribution is 0.625. The Morgan fingerprint density at radius 1 is 0.919 bits per heavy atom. The second-order valence-corrected chi connectivity index (χ2v) is 11.9. The predicted molar refractivity (Wildman–Crippen MR) is 150 cm³/mol. The fourth-order valence-corrected chi connectivity index (χ4v) is 4.79. The highest BCUT2D eigenvalue weighted by molar-refractivity contribution is 8.25.